The van der Waals surface area contributed by atoms with E-state index in [9.17, 15) is 4.79 Å². The van der Waals surface area contributed by atoms with Crippen LogP contribution in [0.25, 0.3) is 33.9 Å². The summed E-state index contributed by atoms with van der Waals surface area (Å²) < 4.78 is 1.61. The van der Waals surface area contributed by atoms with E-state index in [0.29, 0.717) is 28.4 Å². The Labute approximate surface area is 147 Å². The molecule has 0 fully saturated rings. The molecule has 1 N–H and O–H groups in total. The minimum Gasteiger partial charge on any atom is -0.315 e. The van der Waals surface area contributed by atoms with Crippen molar-refractivity contribution in [1.82, 2.24) is 29.5 Å². The molecule has 0 saturated carbocycles. The van der Waals surface area contributed by atoms with Gasteiger partial charge < -0.3 is 4.98 Å². The standard InChI is InChI=1S/C17H12N6OS/c1-23-16(24)14-15(22-17(23)25)21-13(11-7-3-5-9-19-11)12(20-14)10-6-2-4-8-18-10/h2-9H,1H3,(H,21,22,25). The molecule has 0 saturated heterocycles. The summed E-state index contributed by atoms with van der Waals surface area (Å²) in [6, 6.07) is 11.0. The van der Waals surface area contributed by atoms with Crippen molar-refractivity contribution in [3.63, 3.8) is 0 Å². The van der Waals surface area contributed by atoms with E-state index in [4.69, 9.17) is 12.2 Å². The van der Waals surface area contributed by atoms with Gasteiger partial charge in [-0.1, -0.05) is 12.1 Å². The van der Waals surface area contributed by atoms with E-state index < -0.39 is 0 Å². The van der Waals surface area contributed by atoms with E-state index in [2.05, 4.69) is 24.9 Å². The zero-order chi connectivity index (χ0) is 17.4. The molecule has 4 rings (SSSR count). The van der Waals surface area contributed by atoms with Crippen molar-refractivity contribution in [3.8, 4) is 22.8 Å². The van der Waals surface area contributed by atoms with E-state index in [0.717, 1.165) is 0 Å². The summed E-state index contributed by atoms with van der Waals surface area (Å²) in [5.41, 5.74) is 2.50. The molecule has 0 radical (unpaired) electrons. The van der Waals surface area contributed by atoms with Gasteiger partial charge >= 0.3 is 0 Å². The van der Waals surface area contributed by atoms with Gasteiger partial charge in [0.25, 0.3) is 5.56 Å². The van der Waals surface area contributed by atoms with Crippen LogP contribution in [0, 0.1) is 4.77 Å². The molecule has 0 aromatic carbocycles. The molecule has 0 atom stereocenters. The predicted octanol–water partition coefficient (Wildman–Crippen LogP) is 2.51. The van der Waals surface area contributed by atoms with Crippen LogP contribution in [0.15, 0.2) is 53.6 Å². The van der Waals surface area contributed by atoms with Gasteiger partial charge in [-0.15, -0.1) is 0 Å². The van der Waals surface area contributed by atoms with Crippen LogP contribution in [0.2, 0.25) is 0 Å². The number of H-pyrrole nitrogens is 1. The highest BCUT2D eigenvalue weighted by Gasteiger charge is 2.17. The summed E-state index contributed by atoms with van der Waals surface area (Å²) in [6.07, 6.45) is 3.34. The highest BCUT2D eigenvalue weighted by Crippen LogP contribution is 2.27. The second-order valence-corrected chi connectivity index (χ2v) is 5.73. The molecule has 0 aliphatic heterocycles. The summed E-state index contributed by atoms with van der Waals surface area (Å²) in [7, 11) is 1.59. The van der Waals surface area contributed by atoms with E-state index in [1.807, 2.05) is 36.4 Å². The van der Waals surface area contributed by atoms with Crippen LogP contribution in [-0.2, 0) is 7.05 Å². The van der Waals surface area contributed by atoms with Crippen molar-refractivity contribution in [3.05, 3.63) is 63.9 Å². The van der Waals surface area contributed by atoms with Gasteiger partial charge in [-0.2, -0.15) is 0 Å². The lowest BCUT2D eigenvalue weighted by atomic mass is 10.1. The van der Waals surface area contributed by atoms with Gasteiger partial charge in [0.15, 0.2) is 15.9 Å². The fraction of sp³-hybridized carbons (Fsp3) is 0.0588. The number of nitrogens with zero attached hydrogens (tertiary/aromatic N) is 5. The number of hydrogen-bond acceptors (Lipinski definition) is 6. The van der Waals surface area contributed by atoms with E-state index in [1.54, 1.807) is 19.4 Å². The maximum absolute atomic E-state index is 12.5. The summed E-state index contributed by atoms with van der Waals surface area (Å²) in [5.74, 6) is 0. The Kier molecular flexibility index (Phi) is 3.66. The molecule has 0 bridgehead atoms. The smallest absolute Gasteiger partial charge is 0.282 e. The Morgan fingerprint density at radius 2 is 1.56 bits per heavy atom. The van der Waals surface area contributed by atoms with Crippen LogP contribution in [0.3, 0.4) is 0 Å². The third-order valence-electron chi connectivity index (χ3n) is 3.75. The first-order chi connectivity index (χ1) is 12.1. The quantitative estimate of drug-likeness (QED) is 0.560. The fourth-order valence-electron chi connectivity index (χ4n) is 2.47. The molecule has 122 valence electrons. The number of fused-ring (bicyclic) bond motifs is 1. The first kappa shape index (κ1) is 15.3. The van der Waals surface area contributed by atoms with E-state index in [-0.39, 0.29) is 15.8 Å². The normalized spacial score (nSPS) is 10.9. The van der Waals surface area contributed by atoms with E-state index in [1.165, 1.54) is 4.57 Å². The highest BCUT2D eigenvalue weighted by atomic mass is 32.1. The summed E-state index contributed by atoms with van der Waals surface area (Å²) in [6.45, 7) is 0. The SMILES string of the molecule is Cn1c(=S)[nH]c2nc(-c3ccccn3)c(-c3ccccn3)nc2c1=O. The molecule has 0 spiro atoms. The van der Waals surface area contributed by atoms with Crippen molar-refractivity contribution < 1.29 is 0 Å². The summed E-state index contributed by atoms with van der Waals surface area (Å²) >= 11 is 5.17. The molecule has 4 aromatic heterocycles. The third kappa shape index (κ3) is 2.62. The monoisotopic (exact) mass is 348 g/mol. The lowest BCUT2D eigenvalue weighted by Gasteiger charge is -2.09. The first-order valence-corrected chi connectivity index (χ1v) is 7.90. The van der Waals surface area contributed by atoms with Crippen LogP contribution in [0.1, 0.15) is 0 Å². The Morgan fingerprint density at radius 1 is 0.960 bits per heavy atom. The molecule has 7 nitrogen and oxygen atoms in total. The fourth-order valence-corrected chi connectivity index (χ4v) is 2.65. The van der Waals surface area contributed by atoms with Crippen molar-refractivity contribution in [2.45, 2.75) is 0 Å². The van der Waals surface area contributed by atoms with E-state index >= 15 is 0 Å². The van der Waals surface area contributed by atoms with Gasteiger partial charge in [-0.05, 0) is 36.5 Å². The largest absolute Gasteiger partial charge is 0.315 e. The molecule has 8 heteroatoms. The lowest BCUT2D eigenvalue weighted by molar-refractivity contribution is 0.816. The number of pyridine rings is 2. The number of hydrogen-bond donors (Lipinski definition) is 1. The maximum Gasteiger partial charge on any atom is 0.282 e. The van der Waals surface area contributed by atoms with Crippen LogP contribution < -0.4 is 5.56 Å². The van der Waals surface area contributed by atoms with Gasteiger partial charge in [-0.25, -0.2) is 9.97 Å². The Hall–Kier alpha value is -3.26. The first-order valence-electron chi connectivity index (χ1n) is 7.49. The highest BCUT2D eigenvalue weighted by molar-refractivity contribution is 7.71. The van der Waals surface area contributed by atoms with Gasteiger partial charge in [0.1, 0.15) is 11.4 Å². The lowest BCUT2D eigenvalue weighted by Crippen LogP contribution is -2.20. The average Bonchev–Trinajstić information content (AvgIpc) is 2.67. The van der Waals surface area contributed by atoms with Crippen LogP contribution in [0.4, 0.5) is 0 Å². The molecule has 0 aliphatic carbocycles. The van der Waals surface area contributed by atoms with Gasteiger partial charge in [0.05, 0.1) is 11.4 Å². The van der Waals surface area contributed by atoms with Gasteiger partial charge in [0.2, 0.25) is 0 Å². The number of aromatic amines is 1. The van der Waals surface area contributed by atoms with Crippen molar-refractivity contribution in [2.24, 2.45) is 7.05 Å². The second kappa shape index (κ2) is 5.99. The zero-order valence-corrected chi connectivity index (χ0v) is 14.0. The molecule has 0 aliphatic rings. The Morgan fingerprint density at radius 3 is 2.12 bits per heavy atom. The zero-order valence-electron chi connectivity index (χ0n) is 13.2. The molecule has 0 amide bonds. The summed E-state index contributed by atoms with van der Waals surface area (Å²) in [5, 5.41) is 0. The molecular weight excluding hydrogens is 336 g/mol. The second-order valence-electron chi connectivity index (χ2n) is 5.34. The number of nitrogens with one attached hydrogen (secondary N) is 1. The van der Waals surface area contributed by atoms with Crippen LogP contribution in [-0.4, -0.2) is 29.5 Å². The number of aromatic nitrogens is 6. The van der Waals surface area contributed by atoms with Crippen LogP contribution in [0.5, 0.6) is 0 Å². The van der Waals surface area contributed by atoms with Crippen molar-refractivity contribution in [2.75, 3.05) is 0 Å². The minimum atomic E-state index is -0.309. The van der Waals surface area contributed by atoms with Gasteiger partial charge in [0, 0.05) is 19.4 Å². The van der Waals surface area contributed by atoms with Gasteiger partial charge in [-0.3, -0.25) is 19.3 Å². The molecular formula is C17H12N6OS. The Bertz CT molecular complexity index is 1180. The van der Waals surface area contributed by atoms with Crippen molar-refractivity contribution >= 4 is 23.4 Å². The minimum absolute atomic E-state index is 0.205. The van der Waals surface area contributed by atoms with Crippen molar-refractivity contribution in [1.29, 1.82) is 0 Å². The maximum atomic E-state index is 12.5. The predicted molar refractivity (Wildman–Crippen MR) is 96.4 cm³/mol. The molecule has 4 heterocycles. The molecule has 4 aromatic rings. The molecule has 25 heavy (non-hydrogen) atoms. The Balaban J connectivity index is 2.13. The topological polar surface area (TPSA) is 89.3 Å². The number of rotatable bonds is 2. The summed E-state index contributed by atoms with van der Waals surface area (Å²) in [4.78, 5) is 33.3. The molecule has 0 unspecified atom stereocenters. The third-order valence-corrected chi connectivity index (χ3v) is 4.12. The average molecular weight is 348 g/mol. The van der Waals surface area contributed by atoms with Crippen LogP contribution >= 0.6 is 12.2 Å².